The molecule has 0 aliphatic carbocycles. The number of nitrogens with zero attached hydrogens (tertiary/aromatic N) is 3. The number of phenolic OH excluding ortho intramolecular Hbond substituents is 1. The van der Waals surface area contributed by atoms with Crippen molar-refractivity contribution < 1.29 is 27.3 Å². The molecule has 0 unspecified atom stereocenters. The molecular weight excluding hydrogens is 356 g/mol. The van der Waals surface area contributed by atoms with E-state index in [0.29, 0.717) is 11.1 Å². The van der Waals surface area contributed by atoms with Crippen LogP contribution in [0.5, 0.6) is 5.75 Å². The second kappa shape index (κ2) is 10.8. The van der Waals surface area contributed by atoms with Crippen molar-refractivity contribution in [1.29, 1.82) is 0 Å². The van der Waals surface area contributed by atoms with E-state index in [9.17, 15) is 10.2 Å². The predicted octanol–water partition coefficient (Wildman–Crippen LogP) is 3.14. The molecule has 3 rings (SSSR count). The van der Waals surface area contributed by atoms with E-state index in [-0.39, 0.29) is 28.7 Å². The largest absolute Gasteiger partial charge is 0.507 e. The molecule has 1 heterocycles. The van der Waals surface area contributed by atoms with Gasteiger partial charge >= 0.3 is 0 Å². The van der Waals surface area contributed by atoms with Gasteiger partial charge in [-0.25, -0.2) is 0 Å². The first kappa shape index (κ1) is 19.2. The fourth-order valence-corrected chi connectivity index (χ4v) is 1.60. The number of hydrogen-bond acceptors (Lipinski definition) is 4. The van der Waals surface area contributed by atoms with Gasteiger partial charge in [-0.15, -0.1) is 5.10 Å². The molecule has 3 N–H and O–H groups in total. The molecule has 2 aromatic carbocycles. The van der Waals surface area contributed by atoms with E-state index < -0.39 is 0 Å². The number of rotatable bonds is 3. The van der Waals surface area contributed by atoms with Crippen LogP contribution in [0.4, 0.5) is 0 Å². The third-order valence-electron chi connectivity index (χ3n) is 2.72. The van der Waals surface area contributed by atoms with Crippen LogP contribution in [-0.2, 0) is 17.1 Å². The number of nitrogens with one attached hydrogen (secondary N) is 1. The van der Waals surface area contributed by atoms with Gasteiger partial charge in [0, 0.05) is 40.6 Å². The summed E-state index contributed by atoms with van der Waals surface area (Å²) in [5.41, 5.74) is 1.13. The maximum atomic E-state index is 9.64. The van der Waals surface area contributed by atoms with Crippen LogP contribution in [0.1, 0.15) is 11.1 Å². The average molecular weight is 372 g/mol. The number of aromatic hydroxyl groups is 1. The molecule has 6 nitrogen and oxygen atoms in total. The van der Waals surface area contributed by atoms with Gasteiger partial charge in [0.25, 0.3) is 0 Å². The summed E-state index contributed by atoms with van der Waals surface area (Å²) in [6, 6.07) is 17.5. The zero-order valence-electron chi connectivity index (χ0n) is 12.5. The van der Waals surface area contributed by atoms with Crippen LogP contribution in [0.2, 0.25) is 0 Å². The zero-order valence-corrected chi connectivity index (χ0v) is 13.5. The fourth-order valence-electron chi connectivity index (χ4n) is 1.60. The van der Waals surface area contributed by atoms with Crippen molar-refractivity contribution in [3.05, 3.63) is 84.2 Å². The van der Waals surface area contributed by atoms with Crippen molar-refractivity contribution in [2.45, 2.75) is 0 Å². The van der Waals surface area contributed by atoms with Gasteiger partial charge in [-0.05, 0) is 30.3 Å². The van der Waals surface area contributed by atoms with Gasteiger partial charge in [0.2, 0.25) is 5.90 Å². The molecule has 24 heavy (non-hydrogen) atoms. The first-order chi connectivity index (χ1) is 11.3. The monoisotopic (exact) mass is 371 g/mol. The quantitative estimate of drug-likeness (QED) is 0.286. The number of aliphatic hydroxyl groups excluding tert-OH is 1. The number of benzene rings is 2. The number of aliphatic hydroxyl groups is 1. The van der Waals surface area contributed by atoms with E-state index in [4.69, 9.17) is 0 Å². The summed E-state index contributed by atoms with van der Waals surface area (Å²) in [7, 11) is 0. The number of H-pyrrole nitrogens is 1. The molecule has 0 aliphatic rings. The molecule has 1 aromatic heterocycles. The van der Waals surface area contributed by atoms with Gasteiger partial charge in [-0.1, -0.05) is 30.3 Å². The van der Waals surface area contributed by atoms with Crippen LogP contribution < -0.4 is 0 Å². The summed E-state index contributed by atoms with van der Waals surface area (Å²) >= 11 is 0. The van der Waals surface area contributed by atoms with E-state index in [1.165, 1.54) is 6.21 Å². The van der Waals surface area contributed by atoms with Crippen molar-refractivity contribution >= 4 is 12.1 Å². The minimum Gasteiger partial charge on any atom is -0.507 e. The van der Waals surface area contributed by atoms with Crippen molar-refractivity contribution in [2.75, 3.05) is 0 Å². The zero-order chi connectivity index (χ0) is 16.3. The first-order valence-corrected chi connectivity index (χ1v) is 6.84. The molecule has 0 bridgehead atoms. The molecule has 127 valence electrons. The van der Waals surface area contributed by atoms with Gasteiger partial charge in [0.1, 0.15) is 5.75 Å². The minimum atomic E-state index is -0.165. The summed E-state index contributed by atoms with van der Waals surface area (Å²) < 4.78 is 0. The molecule has 7 heteroatoms. The summed E-state index contributed by atoms with van der Waals surface area (Å²) in [6.07, 6.45) is 4.84. The van der Waals surface area contributed by atoms with Crippen LogP contribution >= 0.6 is 0 Å². The van der Waals surface area contributed by atoms with E-state index in [1.807, 2.05) is 12.1 Å². The molecule has 3 aromatic rings. The molecule has 0 aliphatic heterocycles. The number of aromatic nitrogens is 2. The van der Waals surface area contributed by atoms with Crippen LogP contribution in [0, 0.1) is 0 Å². The molecule has 1 radical (unpaired) electrons. The summed E-state index contributed by atoms with van der Waals surface area (Å²) in [5, 5.41) is 32.7. The number of aromatic amines is 1. The van der Waals surface area contributed by atoms with Gasteiger partial charge in [0.05, 0.1) is 6.21 Å². The topological polar surface area (TPSA) is 93.9 Å². The molecule has 0 fully saturated rings. The van der Waals surface area contributed by atoms with E-state index >= 15 is 0 Å². The van der Waals surface area contributed by atoms with E-state index in [1.54, 1.807) is 60.9 Å². The Morgan fingerprint density at radius 3 is 2.29 bits per heavy atom. The minimum absolute atomic E-state index is 0. The van der Waals surface area contributed by atoms with Crippen molar-refractivity contribution in [3.8, 4) is 5.75 Å². The van der Waals surface area contributed by atoms with Crippen molar-refractivity contribution in [3.63, 3.8) is 0 Å². The standard InChI is InChI=1S/C14H12N2O2.C3H4N2.Cu/c17-13-9-5-4-8-12(13)10-15-16-14(18)11-6-2-1-3-7-11;1-2-4-5-3-1;/h1-10,17H,(H,16,18);1-3H,(H,4,5);. The fraction of sp³-hybridized carbons (Fsp3) is 0. The average Bonchev–Trinajstić information content (AvgIpc) is 3.17. The summed E-state index contributed by atoms with van der Waals surface area (Å²) in [4.78, 5) is 0. The second-order valence-corrected chi connectivity index (χ2v) is 4.36. The Morgan fingerprint density at radius 1 is 1.00 bits per heavy atom. The molecule has 0 atom stereocenters. The maximum absolute atomic E-state index is 9.64. The summed E-state index contributed by atoms with van der Waals surface area (Å²) in [5.74, 6) is -0.0436. The molecule has 0 amide bonds. The van der Waals surface area contributed by atoms with Crippen molar-refractivity contribution in [2.24, 2.45) is 10.2 Å². The molecule has 0 spiro atoms. The SMILES string of the molecule is OC(=NN=Cc1ccccc1O)c1ccccc1.[Cu].c1cn[nH]c1. The van der Waals surface area contributed by atoms with Gasteiger partial charge in [-0.3, -0.25) is 5.10 Å². The van der Waals surface area contributed by atoms with Gasteiger partial charge in [-0.2, -0.15) is 10.2 Å². The molecule has 0 saturated heterocycles. The normalized spacial score (nSPS) is 10.6. The van der Waals surface area contributed by atoms with Crippen LogP contribution in [-0.4, -0.2) is 32.5 Å². The Balaban J connectivity index is 0.000000412. The number of hydrogen-bond donors (Lipinski definition) is 3. The Morgan fingerprint density at radius 2 is 1.71 bits per heavy atom. The van der Waals surface area contributed by atoms with Crippen LogP contribution in [0.15, 0.2) is 83.3 Å². The third kappa shape index (κ3) is 6.48. The number of para-hydroxylation sites is 1. The second-order valence-electron chi connectivity index (χ2n) is 4.36. The predicted molar refractivity (Wildman–Crippen MR) is 89.9 cm³/mol. The summed E-state index contributed by atoms with van der Waals surface area (Å²) in [6.45, 7) is 0. The van der Waals surface area contributed by atoms with Gasteiger partial charge in [0.15, 0.2) is 0 Å². The Bertz CT molecular complexity index is 742. The van der Waals surface area contributed by atoms with Crippen molar-refractivity contribution in [1.82, 2.24) is 10.2 Å². The Labute approximate surface area is 150 Å². The first-order valence-electron chi connectivity index (χ1n) is 6.84. The van der Waals surface area contributed by atoms with Crippen LogP contribution in [0.3, 0.4) is 0 Å². The molecule has 0 saturated carbocycles. The Kier molecular flexibility index (Phi) is 8.60. The van der Waals surface area contributed by atoms with E-state index in [0.717, 1.165) is 0 Å². The maximum Gasteiger partial charge on any atom is 0.238 e. The number of phenols is 1. The van der Waals surface area contributed by atoms with Crippen LogP contribution in [0.25, 0.3) is 0 Å². The smallest absolute Gasteiger partial charge is 0.238 e. The van der Waals surface area contributed by atoms with Gasteiger partial charge < -0.3 is 10.2 Å². The van der Waals surface area contributed by atoms with E-state index in [2.05, 4.69) is 20.4 Å². The third-order valence-corrected chi connectivity index (χ3v) is 2.72. The Hall–Kier alpha value is -2.89. The molecular formula is C17H16CuN4O2.